The van der Waals surface area contributed by atoms with E-state index in [0.29, 0.717) is 5.69 Å². The van der Waals surface area contributed by atoms with E-state index in [1.807, 2.05) is 19.9 Å². The summed E-state index contributed by atoms with van der Waals surface area (Å²) < 4.78 is 0. The third-order valence-electron chi connectivity index (χ3n) is 2.30. The first-order valence-corrected chi connectivity index (χ1v) is 6.27. The molecule has 0 saturated carbocycles. The van der Waals surface area contributed by atoms with E-state index in [0.717, 1.165) is 11.1 Å². The normalized spacial score (nSPS) is 11.6. The van der Waals surface area contributed by atoms with E-state index >= 15 is 0 Å². The fraction of sp³-hybridized carbons (Fsp3) is 0.231. The molecule has 102 valence electrons. The van der Waals surface area contributed by atoms with Crippen LogP contribution in [-0.2, 0) is 9.59 Å². The molecule has 0 aliphatic heterocycles. The molecule has 2 N–H and O–H groups in total. The summed E-state index contributed by atoms with van der Waals surface area (Å²) in [4.78, 5) is 23.1. The van der Waals surface area contributed by atoms with Gasteiger partial charge in [-0.1, -0.05) is 29.3 Å². The van der Waals surface area contributed by atoms with Crippen LogP contribution in [0.3, 0.4) is 0 Å². The summed E-state index contributed by atoms with van der Waals surface area (Å²) in [6.07, 6.45) is 0. The zero-order valence-corrected chi connectivity index (χ0v) is 12.3. The van der Waals surface area contributed by atoms with Crippen molar-refractivity contribution in [2.75, 3.05) is 12.4 Å². The van der Waals surface area contributed by atoms with Gasteiger partial charge in [-0.25, -0.2) is 0 Å². The maximum Gasteiger partial charge on any atom is 0.268 e. The van der Waals surface area contributed by atoms with Crippen molar-refractivity contribution in [1.82, 2.24) is 5.32 Å². The molecular weight excluding hydrogens is 287 g/mol. The largest absolute Gasteiger partial charge is 0.354 e. The van der Waals surface area contributed by atoms with Gasteiger partial charge in [0.25, 0.3) is 11.8 Å². The second-order valence-electron chi connectivity index (χ2n) is 4.04. The zero-order chi connectivity index (χ0) is 14.6. The molecule has 0 aliphatic rings. The molecule has 0 bridgehead atoms. The molecule has 0 radical (unpaired) electrons. The SMILES string of the molecule is CNC(=O)/C(Cl)=C(/Cl)C(=O)Nc1cc(C)cc(C)c1. The Balaban J connectivity index is 2.93. The number of benzene rings is 1. The van der Waals surface area contributed by atoms with E-state index in [-0.39, 0.29) is 10.1 Å². The van der Waals surface area contributed by atoms with Gasteiger partial charge >= 0.3 is 0 Å². The molecule has 0 heterocycles. The average Bonchev–Trinajstić information content (AvgIpc) is 2.34. The monoisotopic (exact) mass is 300 g/mol. The van der Waals surface area contributed by atoms with Crippen LogP contribution < -0.4 is 10.6 Å². The van der Waals surface area contributed by atoms with E-state index in [2.05, 4.69) is 10.6 Å². The summed E-state index contributed by atoms with van der Waals surface area (Å²) in [5.74, 6) is -1.23. The molecule has 0 unspecified atom stereocenters. The Morgan fingerprint density at radius 1 is 0.947 bits per heavy atom. The lowest BCUT2D eigenvalue weighted by Gasteiger charge is -2.08. The summed E-state index contributed by atoms with van der Waals surface area (Å²) in [6.45, 7) is 3.83. The molecule has 0 saturated heterocycles. The highest BCUT2D eigenvalue weighted by Gasteiger charge is 2.17. The third kappa shape index (κ3) is 4.26. The number of carbonyl (C=O) groups excluding carboxylic acids is 2. The van der Waals surface area contributed by atoms with Crippen LogP contribution in [-0.4, -0.2) is 18.9 Å². The molecule has 0 aromatic heterocycles. The van der Waals surface area contributed by atoms with E-state index < -0.39 is 11.8 Å². The number of anilines is 1. The van der Waals surface area contributed by atoms with Crippen LogP contribution in [0.4, 0.5) is 5.69 Å². The van der Waals surface area contributed by atoms with Gasteiger partial charge < -0.3 is 10.6 Å². The predicted molar refractivity (Wildman–Crippen MR) is 77.3 cm³/mol. The van der Waals surface area contributed by atoms with Crippen LogP contribution in [0.5, 0.6) is 0 Å². The number of likely N-dealkylation sites (N-methyl/N-ethyl adjacent to an activating group) is 1. The van der Waals surface area contributed by atoms with Gasteiger partial charge in [0.05, 0.1) is 0 Å². The van der Waals surface area contributed by atoms with E-state index in [4.69, 9.17) is 23.2 Å². The van der Waals surface area contributed by atoms with Gasteiger partial charge in [0, 0.05) is 12.7 Å². The lowest BCUT2D eigenvalue weighted by atomic mass is 10.1. The highest BCUT2D eigenvalue weighted by Crippen LogP contribution is 2.19. The Bertz CT molecular complexity index is 533. The lowest BCUT2D eigenvalue weighted by Crippen LogP contribution is -2.21. The van der Waals surface area contributed by atoms with Crippen molar-refractivity contribution < 1.29 is 9.59 Å². The smallest absolute Gasteiger partial charge is 0.268 e. The average molecular weight is 301 g/mol. The number of halogens is 2. The highest BCUT2D eigenvalue weighted by molar-refractivity contribution is 6.54. The number of hydrogen-bond acceptors (Lipinski definition) is 2. The van der Waals surface area contributed by atoms with Crippen molar-refractivity contribution in [3.8, 4) is 0 Å². The molecule has 6 heteroatoms. The number of amides is 2. The summed E-state index contributed by atoms with van der Waals surface area (Å²) in [7, 11) is 1.40. The molecule has 1 rings (SSSR count). The molecule has 4 nitrogen and oxygen atoms in total. The molecule has 19 heavy (non-hydrogen) atoms. The van der Waals surface area contributed by atoms with Crippen molar-refractivity contribution in [3.05, 3.63) is 39.4 Å². The van der Waals surface area contributed by atoms with Crippen LogP contribution in [0.1, 0.15) is 11.1 Å². The zero-order valence-electron chi connectivity index (χ0n) is 10.8. The van der Waals surface area contributed by atoms with E-state index in [1.54, 1.807) is 12.1 Å². The first-order chi connectivity index (χ1) is 8.85. The van der Waals surface area contributed by atoms with Crippen LogP contribution in [0.25, 0.3) is 0 Å². The minimum absolute atomic E-state index is 0.342. The summed E-state index contributed by atoms with van der Waals surface area (Å²) >= 11 is 11.4. The fourth-order valence-corrected chi connectivity index (χ4v) is 1.86. The van der Waals surface area contributed by atoms with Gasteiger partial charge in [-0.3, -0.25) is 9.59 Å². The van der Waals surface area contributed by atoms with Crippen LogP contribution in [0.2, 0.25) is 0 Å². The fourth-order valence-electron chi connectivity index (χ4n) is 1.54. The number of nitrogens with one attached hydrogen (secondary N) is 2. The molecule has 1 aromatic carbocycles. The number of hydrogen-bond donors (Lipinski definition) is 2. The molecule has 0 aliphatic carbocycles. The van der Waals surface area contributed by atoms with Gasteiger partial charge in [-0.05, 0) is 37.1 Å². The lowest BCUT2D eigenvalue weighted by molar-refractivity contribution is -0.117. The molecular formula is C13H14Cl2N2O2. The second-order valence-corrected chi connectivity index (χ2v) is 4.79. The Kier molecular flexibility index (Phi) is 5.39. The van der Waals surface area contributed by atoms with E-state index in [9.17, 15) is 9.59 Å². The van der Waals surface area contributed by atoms with E-state index in [1.165, 1.54) is 7.05 Å². The van der Waals surface area contributed by atoms with Gasteiger partial charge in [-0.2, -0.15) is 0 Å². The molecule has 0 atom stereocenters. The maximum atomic E-state index is 11.8. The van der Waals surface area contributed by atoms with Crippen molar-refractivity contribution in [2.24, 2.45) is 0 Å². The summed E-state index contributed by atoms with van der Waals surface area (Å²) in [6, 6.07) is 5.57. The van der Waals surface area contributed by atoms with Gasteiger partial charge in [0.2, 0.25) is 0 Å². The minimum atomic E-state index is -0.625. The second kappa shape index (κ2) is 6.59. The van der Waals surface area contributed by atoms with Gasteiger partial charge in [0.15, 0.2) is 0 Å². The Hall–Kier alpha value is -1.52. The van der Waals surface area contributed by atoms with Crippen molar-refractivity contribution >= 4 is 40.7 Å². The molecule has 1 aromatic rings. The standard InChI is InChI=1S/C13H14Cl2N2O2/c1-7-4-8(2)6-9(5-7)17-13(19)11(15)10(14)12(18)16-3/h4-6H,1-3H3,(H,16,18)(H,17,19)/b11-10-. The molecule has 0 spiro atoms. The van der Waals surface area contributed by atoms with Crippen molar-refractivity contribution in [3.63, 3.8) is 0 Å². The number of aryl methyl sites for hydroxylation is 2. The topological polar surface area (TPSA) is 58.2 Å². The molecule has 2 amide bonds. The van der Waals surface area contributed by atoms with Crippen molar-refractivity contribution in [1.29, 1.82) is 0 Å². The number of carbonyl (C=O) groups is 2. The maximum absolute atomic E-state index is 11.8. The van der Waals surface area contributed by atoms with Gasteiger partial charge in [0.1, 0.15) is 10.1 Å². The summed E-state index contributed by atoms with van der Waals surface area (Å²) in [5, 5.41) is 4.19. The Morgan fingerprint density at radius 2 is 1.42 bits per heavy atom. The first kappa shape index (κ1) is 15.5. The first-order valence-electron chi connectivity index (χ1n) is 5.52. The van der Waals surface area contributed by atoms with Gasteiger partial charge in [-0.15, -0.1) is 0 Å². The Morgan fingerprint density at radius 3 is 1.89 bits per heavy atom. The number of rotatable bonds is 3. The predicted octanol–water partition coefficient (Wildman–Crippen LogP) is 2.68. The summed E-state index contributed by atoms with van der Waals surface area (Å²) in [5.41, 5.74) is 2.61. The third-order valence-corrected chi connectivity index (χ3v) is 3.12. The quantitative estimate of drug-likeness (QED) is 0.843. The van der Waals surface area contributed by atoms with Crippen LogP contribution in [0.15, 0.2) is 28.3 Å². The van der Waals surface area contributed by atoms with Crippen LogP contribution >= 0.6 is 23.2 Å². The van der Waals surface area contributed by atoms with Crippen LogP contribution in [0, 0.1) is 13.8 Å². The minimum Gasteiger partial charge on any atom is -0.354 e. The highest BCUT2D eigenvalue weighted by atomic mass is 35.5. The molecule has 0 fully saturated rings. The Labute approximate surface area is 121 Å². The van der Waals surface area contributed by atoms with Crippen molar-refractivity contribution in [2.45, 2.75) is 13.8 Å².